The van der Waals surface area contributed by atoms with Gasteiger partial charge in [0, 0.05) is 36.4 Å². The molecule has 0 unspecified atom stereocenters. The van der Waals surface area contributed by atoms with Crippen LogP contribution in [0, 0.1) is 27.7 Å². The van der Waals surface area contributed by atoms with Gasteiger partial charge in [0.05, 0.1) is 11.3 Å². The van der Waals surface area contributed by atoms with Gasteiger partial charge in [0.2, 0.25) is 0 Å². The monoisotopic (exact) mass is 351 g/mol. The first-order valence-electron chi connectivity index (χ1n) is 8.87. The highest BCUT2D eigenvalue weighted by Crippen LogP contribution is 2.19. The van der Waals surface area contributed by atoms with E-state index in [9.17, 15) is 4.79 Å². The molecule has 3 rings (SSSR count). The van der Waals surface area contributed by atoms with Gasteiger partial charge in [-0.2, -0.15) is 5.10 Å². The number of nitrogens with one attached hydrogen (secondary N) is 1. The highest BCUT2D eigenvalue weighted by Gasteiger charge is 2.16. The van der Waals surface area contributed by atoms with E-state index in [2.05, 4.69) is 21.5 Å². The summed E-state index contributed by atoms with van der Waals surface area (Å²) in [6.45, 7) is 9.39. The molecular weight excluding hydrogens is 326 g/mol. The van der Waals surface area contributed by atoms with E-state index in [1.165, 1.54) is 0 Å². The molecule has 3 aromatic rings. The molecule has 1 N–H and O–H groups in total. The van der Waals surface area contributed by atoms with Gasteiger partial charge in [-0.25, -0.2) is 4.98 Å². The van der Waals surface area contributed by atoms with Crippen molar-refractivity contribution in [3.8, 4) is 5.82 Å². The maximum absolute atomic E-state index is 12.6. The second kappa shape index (κ2) is 7.56. The molecule has 0 fully saturated rings. The van der Waals surface area contributed by atoms with Crippen LogP contribution in [0.1, 0.15) is 39.6 Å². The van der Waals surface area contributed by atoms with E-state index in [4.69, 9.17) is 0 Å². The molecule has 136 valence electrons. The zero-order chi connectivity index (χ0) is 18.7. The summed E-state index contributed by atoms with van der Waals surface area (Å²) >= 11 is 0. The number of carbonyl (C=O) groups excluding carboxylic acids is 1. The maximum atomic E-state index is 12.6. The number of aromatic nitrogens is 4. The van der Waals surface area contributed by atoms with Crippen LogP contribution in [0.25, 0.3) is 5.82 Å². The highest BCUT2D eigenvalue weighted by atomic mass is 16.1. The molecule has 26 heavy (non-hydrogen) atoms. The normalized spacial score (nSPS) is 10.9. The van der Waals surface area contributed by atoms with E-state index in [0.29, 0.717) is 12.1 Å². The van der Waals surface area contributed by atoms with Gasteiger partial charge in [-0.1, -0.05) is 6.07 Å². The molecule has 0 bridgehead atoms. The van der Waals surface area contributed by atoms with Gasteiger partial charge in [-0.05, 0) is 58.4 Å². The summed E-state index contributed by atoms with van der Waals surface area (Å²) in [6.07, 6.45) is 2.60. The lowest BCUT2D eigenvalue weighted by Gasteiger charge is -2.09. The Kier molecular flexibility index (Phi) is 5.21. The Morgan fingerprint density at radius 2 is 1.92 bits per heavy atom. The Labute approximate surface area is 153 Å². The number of hydrogen-bond donors (Lipinski definition) is 1. The average molecular weight is 351 g/mol. The fourth-order valence-electron chi connectivity index (χ4n) is 3.26. The van der Waals surface area contributed by atoms with Gasteiger partial charge in [0.25, 0.3) is 5.91 Å². The third-order valence-electron chi connectivity index (χ3n) is 4.49. The smallest absolute Gasteiger partial charge is 0.253 e. The lowest BCUT2D eigenvalue weighted by Crippen LogP contribution is -2.26. The first-order valence-corrected chi connectivity index (χ1v) is 8.87. The first-order chi connectivity index (χ1) is 12.5. The van der Waals surface area contributed by atoms with Crippen molar-refractivity contribution in [3.63, 3.8) is 0 Å². The zero-order valence-corrected chi connectivity index (χ0v) is 15.8. The minimum atomic E-state index is -0.0475. The molecule has 0 atom stereocenters. The van der Waals surface area contributed by atoms with Crippen molar-refractivity contribution in [2.45, 2.75) is 40.7 Å². The van der Waals surface area contributed by atoms with Crippen molar-refractivity contribution in [3.05, 3.63) is 64.9 Å². The Hall–Kier alpha value is -2.89. The second-order valence-electron chi connectivity index (χ2n) is 6.57. The lowest BCUT2D eigenvalue weighted by molar-refractivity contribution is 0.0952. The largest absolute Gasteiger partial charge is 0.352 e. The van der Waals surface area contributed by atoms with Crippen LogP contribution in [-0.2, 0) is 6.54 Å². The fraction of sp³-hybridized carbons (Fsp3) is 0.350. The van der Waals surface area contributed by atoms with Crippen LogP contribution >= 0.6 is 0 Å². The summed E-state index contributed by atoms with van der Waals surface area (Å²) in [5.41, 5.74) is 4.76. The molecule has 0 spiro atoms. The van der Waals surface area contributed by atoms with Gasteiger partial charge in [0.1, 0.15) is 5.82 Å². The van der Waals surface area contributed by atoms with Crippen LogP contribution in [0.15, 0.2) is 36.5 Å². The molecule has 0 saturated heterocycles. The number of carbonyl (C=O) groups is 1. The van der Waals surface area contributed by atoms with Gasteiger partial charge >= 0.3 is 0 Å². The number of hydrogen-bond acceptors (Lipinski definition) is 3. The molecule has 0 aliphatic rings. The molecule has 1 amide bonds. The molecule has 0 aromatic carbocycles. The molecule has 0 saturated carbocycles. The predicted octanol–water partition coefficient (Wildman–Crippen LogP) is 3.12. The van der Waals surface area contributed by atoms with E-state index in [1.54, 1.807) is 6.20 Å². The van der Waals surface area contributed by atoms with Gasteiger partial charge in [-0.3, -0.25) is 9.48 Å². The van der Waals surface area contributed by atoms with Crippen molar-refractivity contribution in [1.29, 1.82) is 0 Å². The van der Waals surface area contributed by atoms with Crippen LogP contribution in [0.3, 0.4) is 0 Å². The molecular formula is C20H25N5O. The summed E-state index contributed by atoms with van der Waals surface area (Å²) in [4.78, 5) is 17.0. The quantitative estimate of drug-likeness (QED) is 0.694. The molecule has 0 aliphatic carbocycles. The summed E-state index contributed by atoms with van der Waals surface area (Å²) in [6, 6.07) is 9.75. The first kappa shape index (κ1) is 17.9. The molecule has 0 radical (unpaired) electrons. The molecule has 6 nitrogen and oxygen atoms in total. The van der Waals surface area contributed by atoms with Crippen molar-refractivity contribution in [1.82, 2.24) is 24.6 Å². The number of amides is 1. The van der Waals surface area contributed by atoms with Crippen molar-refractivity contribution in [2.75, 3.05) is 6.54 Å². The molecule has 6 heteroatoms. The minimum Gasteiger partial charge on any atom is -0.352 e. The Bertz CT molecular complexity index is 908. The number of rotatable bonds is 6. The van der Waals surface area contributed by atoms with Crippen LogP contribution in [0.5, 0.6) is 0 Å². The van der Waals surface area contributed by atoms with E-state index < -0.39 is 0 Å². The Morgan fingerprint density at radius 3 is 2.58 bits per heavy atom. The predicted molar refractivity (Wildman–Crippen MR) is 102 cm³/mol. The van der Waals surface area contributed by atoms with E-state index in [1.807, 2.05) is 61.2 Å². The van der Waals surface area contributed by atoms with Gasteiger partial charge in [-0.15, -0.1) is 0 Å². The summed E-state index contributed by atoms with van der Waals surface area (Å²) in [5, 5.41) is 7.46. The second-order valence-corrected chi connectivity index (χ2v) is 6.57. The Morgan fingerprint density at radius 1 is 1.12 bits per heavy atom. The van der Waals surface area contributed by atoms with Crippen molar-refractivity contribution < 1.29 is 4.79 Å². The number of aryl methyl sites for hydroxylation is 4. The van der Waals surface area contributed by atoms with E-state index in [-0.39, 0.29) is 5.91 Å². The molecule has 3 heterocycles. The highest BCUT2D eigenvalue weighted by molar-refractivity contribution is 5.95. The number of nitrogens with zero attached hydrogens (tertiary/aromatic N) is 4. The third-order valence-corrected chi connectivity index (χ3v) is 4.49. The van der Waals surface area contributed by atoms with Crippen LogP contribution in [-0.4, -0.2) is 31.8 Å². The van der Waals surface area contributed by atoms with Crippen molar-refractivity contribution in [2.24, 2.45) is 0 Å². The Balaban J connectivity index is 1.63. The van der Waals surface area contributed by atoms with Gasteiger partial charge in [0.15, 0.2) is 0 Å². The SMILES string of the molecule is Cc1cc(C)n(CCCNC(=O)c2cc(C)n(-c3ccccn3)c2C)n1. The van der Waals surface area contributed by atoms with Gasteiger partial charge < -0.3 is 9.88 Å². The third kappa shape index (κ3) is 3.69. The van der Waals surface area contributed by atoms with Crippen LogP contribution in [0.4, 0.5) is 0 Å². The topological polar surface area (TPSA) is 64.7 Å². The van der Waals surface area contributed by atoms with E-state index >= 15 is 0 Å². The zero-order valence-electron chi connectivity index (χ0n) is 15.8. The minimum absolute atomic E-state index is 0.0475. The summed E-state index contributed by atoms with van der Waals surface area (Å²) in [7, 11) is 0. The van der Waals surface area contributed by atoms with Crippen LogP contribution in [0.2, 0.25) is 0 Å². The van der Waals surface area contributed by atoms with Crippen LogP contribution < -0.4 is 5.32 Å². The number of pyridine rings is 1. The lowest BCUT2D eigenvalue weighted by atomic mass is 10.2. The summed E-state index contributed by atoms with van der Waals surface area (Å²) in [5.74, 6) is 0.778. The molecule has 0 aliphatic heterocycles. The fourth-order valence-corrected chi connectivity index (χ4v) is 3.26. The molecule has 3 aromatic heterocycles. The standard InChI is InChI=1S/C20H25N5O/c1-14-12-15(2)24(23-14)11-7-10-22-20(26)18-13-16(3)25(17(18)4)19-8-5-6-9-21-19/h5-6,8-9,12-13H,7,10-11H2,1-4H3,(H,22,26). The maximum Gasteiger partial charge on any atom is 0.253 e. The van der Waals surface area contributed by atoms with E-state index in [0.717, 1.165) is 41.6 Å². The average Bonchev–Trinajstić information content (AvgIpc) is 3.10. The van der Waals surface area contributed by atoms with Crippen molar-refractivity contribution >= 4 is 5.91 Å². The summed E-state index contributed by atoms with van der Waals surface area (Å²) < 4.78 is 3.99.